The molecule has 0 spiro atoms. The SMILES string of the molecule is CC(=O)N1CCN(C(=O)c2csc(CN(C(=O)Nc3ccccc3)C(C)C)n2)CC1. The number of nitrogens with zero attached hydrogens (tertiary/aromatic N) is 4. The first-order chi connectivity index (χ1) is 14.3. The zero-order valence-electron chi connectivity index (χ0n) is 17.5. The third kappa shape index (κ3) is 5.35. The smallest absolute Gasteiger partial charge is 0.322 e. The van der Waals surface area contributed by atoms with Crippen LogP contribution in [0.1, 0.15) is 36.3 Å². The van der Waals surface area contributed by atoms with Crippen LogP contribution in [0.25, 0.3) is 0 Å². The average Bonchev–Trinajstić information content (AvgIpc) is 3.20. The van der Waals surface area contributed by atoms with E-state index in [1.54, 1.807) is 27.0 Å². The van der Waals surface area contributed by atoms with Crippen LogP contribution in [-0.2, 0) is 11.3 Å². The van der Waals surface area contributed by atoms with Crippen LogP contribution in [0.4, 0.5) is 10.5 Å². The molecule has 1 saturated heterocycles. The summed E-state index contributed by atoms with van der Waals surface area (Å²) >= 11 is 1.37. The summed E-state index contributed by atoms with van der Waals surface area (Å²) in [6.45, 7) is 7.84. The van der Waals surface area contributed by atoms with Crippen molar-refractivity contribution in [2.75, 3.05) is 31.5 Å². The molecule has 9 heteroatoms. The highest BCUT2D eigenvalue weighted by atomic mass is 32.1. The number of aromatic nitrogens is 1. The summed E-state index contributed by atoms with van der Waals surface area (Å²) in [6.07, 6.45) is 0. The van der Waals surface area contributed by atoms with E-state index in [4.69, 9.17) is 0 Å². The first-order valence-corrected chi connectivity index (χ1v) is 10.8. The third-order valence-corrected chi connectivity index (χ3v) is 5.83. The van der Waals surface area contributed by atoms with E-state index in [0.29, 0.717) is 43.4 Å². The van der Waals surface area contributed by atoms with E-state index in [-0.39, 0.29) is 23.9 Å². The minimum absolute atomic E-state index is 0.0283. The molecular weight excluding hydrogens is 402 g/mol. The van der Waals surface area contributed by atoms with Crippen molar-refractivity contribution in [1.82, 2.24) is 19.7 Å². The fourth-order valence-corrected chi connectivity index (χ4v) is 3.99. The number of anilines is 1. The lowest BCUT2D eigenvalue weighted by Gasteiger charge is -2.33. The van der Waals surface area contributed by atoms with Crippen LogP contribution in [-0.4, -0.2) is 69.8 Å². The maximum Gasteiger partial charge on any atom is 0.322 e. The molecule has 2 aromatic rings. The molecule has 1 N–H and O–H groups in total. The van der Waals surface area contributed by atoms with E-state index in [2.05, 4.69) is 10.3 Å². The van der Waals surface area contributed by atoms with Crippen LogP contribution >= 0.6 is 11.3 Å². The quantitative estimate of drug-likeness (QED) is 0.792. The number of thiazole rings is 1. The second kappa shape index (κ2) is 9.71. The lowest BCUT2D eigenvalue weighted by atomic mass is 10.3. The van der Waals surface area contributed by atoms with Crippen molar-refractivity contribution in [2.24, 2.45) is 0 Å². The molecule has 8 nitrogen and oxygen atoms in total. The van der Waals surface area contributed by atoms with E-state index in [0.717, 1.165) is 5.69 Å². The van der Waals surface area contributed by atoms with Crippen LogP contribution in [0, 0.1) is 0 Å². The van der Waals surface area contributed by atoms with E-state index >= 15 is 0 Å². The van der Waals surface area contributed by atoms with Crippen LogP contribution < -0.4 is 5.32 Å². The zero-order chi connectivity index (χ0) is 21.7. The van der Waals surface area contributed by atoms with Gasteiger partial charge in [0.15, 0.2) is 0 Å². The molecule has 30 heavy (non-hydrogen) atoms. The molecule has 1 aliphatic rings. The maximum atomic E-state index is 12.8. The topological polar surface area (TPSA) is 85.9 Å². The predicted molar refractivity (Wildman–Crippen MR) is 116 cm³/mol. The summed E-state index contributed by atoms with van der Waals surface area (Å²) < 4.78 is 0. The van der Waals surface area contributed by atoms with Gasteiger partial charge in [-0.2, -0.15) is 0 Å². The molecule has 1 aromatic heterocycles. The van der Waals surface area contributed by atoms with E-state index in [1.807, 2.05) is 44.2 Å². The second-order valence-corrected chi connectivity index (χ2v) is 8.39. The summed E-state index contributed by atoms with van der Waals surface area (Å²) in [5.41, 5.74) is 1.12. The molecule has 1 fully saturated rings. The van der Waals surface area contributed by atoms with Crippen molar-refractivity contribution in [3.63, 3.8) is 0 Å². The van der Waals surface area contributed by atoms with Crippen molar-refractivity contribution in [3.8, 4) is 0 Å². The Hall–Kier alpha value is -2.94. The Morgan fingerprint density at radius 2 is 1.73 bits per heavy atom. The average molecular weight is 430 g/mol. The molecule has 3 rings (SSSR count). The van der Waals surface area contributed by atoms with Gasteiger partial charge in [-0.1, -0.05) is 18.2 Å². The molecule has 1 aliphatic heterocycles. The number of carbonyl (C=O) groups is 3. The van der Waals surface area contributed by atoms with Crippen molar-refractivity contribution >= 4 is 34.9 Å². The standard InChI is InChI=1S/C21H27N5O3S/c1-15(2)26(21(29)22-17-7-5-4-6-8-17)13-19-23-18(14-30-19)20(28)25-11-9-24(10-12-25)16(3)27/h4-8,14-15H,9-13H2,1-3H3,(H,22,29). The molecule has 0 aliphatic carbocycles. The molecule has 160 valence electrons. The number of nitrogens with one attached hydrogen (secondary N) is 1. The molecule has 2 heterocycles. The van der Waals surface area contributed by atoms with Gasteiger partial charge in [0.25, 0.3) is 5.91 Å². The Morgan fingerprint density at radius 1 is 1.10 bits per heavy atom. The van der Waals surface area contributed by atoms with Gasteiger partial charge in [0.1, 0.15) is 10.7 Å². The third-order valence-electron chi connectivity index (χ3n) is 5.00. The highest BCUT2D eigenvalue weighted by Gasteiger charge is 2.25. The number of carbonyl (C=O) groups excluding carboxylic acids is 3. The van der Waals surface area contributed by atoms with Gasteiger partial charge in [-0.25, -0.2) is 9.78 Å². The Kier molecular flexibility index (Phi) is 7.04. The minimum atomic E-state index is -0.209. The Balaban J connectivity index is 1.62. The highest BCUT2D eigenvalue weighted by molar-refractivity contribution is 7.09. The number of hydrogen-bond donors (Lipinski definition) is 1. The van der Waals surface area contributed by atoms with Gasteiger partial charge >= 0.3 is 6.03 Å². The fourth-order valence-electron chi connectivity index (χ4n) is 3.22. The molecule has 0 bridgehead atoms. The highest BCUT2D eigenvalue weighted by Crippen LogP contribution is 2.18. The molecule has 0 radical (unpaired) electrons. The van der Waals surface area contributed by atoms with Crippen molar-refractivity contribution in [2.45, 2.75) is 33.4 Å². The first kappa shape index (κ1) is 21.8. The van der Waals surface area contributed by atoms with Gasteiger partial charge in [0, 0.05) is 50.2 Å². The number of para-hydroxylation sites is 1. The Labute approximate surface area is 180 Å². The number of piperazine rings is 1. The van der Waals surface area contributed by atoms with Gasteiger partial charge in [-0.3, -0.25) is 9.59 Å². The molecule has 4 amide bonds. The van der Waals surface area contributed by atoms with E-state index in [1.165, 1.54) is 11.3 Å². The first-order valence-electron chi connectivity index (χ1n) is 9.97. The molecular formula is C21H27N5O3S. The van der Waals surface area contributed by atoms with Crippen LogP contribution in [0.5, 0.6) is 0 Å². The summed E-state index contributed by atoms with van der Waals surface area (Å²) in [5, 5.41) is 5.34. The number of hydrogen-bond acceptors (Lipinski definition) is 5. The van der Waals surface area contributed by atoms with Gasteiger partial charge in [-0.05, 0) is 26.0 Å². The minimum Gasteiger partial charge on any atom is -0.339 e. The van der Waals surface area contributed by atoms with Gasteiger partial charge < -0.3 is 20.0 Å². The van der Waals surface area contributed by atoms with Gasteiger partial charge in [-0.15, -0.1) is 11.3 Å². The number of rotatable bonds is 5. The summed E-state index contributed by atoms with van der Waals surface area (Å²) in [4.78, 5) is 46.5. The van der Waals surface area contributed by atoms with Crippen LogP contribution in [0.15, 0.2) is 35.7 Å². The lowest BCUT2D eigenvalue weighted by Crippen LogP contribution is -2.50. The normalized spacial score (nSPS) is 14.0. The monoisotopic (exact) mass is 429 g/mol. The summed E-state index contributed by atoms with van der Waals surface area (Å²) in [6, 6.07) is 9.06. The second-order valence-electron chi connectivity index (χ2n) is 7.44. The zero-order valence-corrected chi connectivity index (χ0v) is 18.3. The molecule has 0 atom stereocenters. The van der Waals surface area contributed by atoms with Gasteiger partial charge in [0.2, 0.25) is 5.91 Å². The summed E-state index contributed by atoms with van der Waals surface area (Å²) in [5.74, 6) is -0.105. The number of benzene rings is 1. The molecule has 1 aromatic carbocycles. The van der Waals surface area contributed by atoms with E-state index in [9.17, 15) is 14.4 Å². The Morgan fingerprint density at radius 3 is 2.33 bits per heavy atom. The van der Waals surface area contributed by atoms with Crippen LogP contribution in [0.3, 0.4) is 0 Å². The number of amides is 4. The predicted octanol–water partition coefficient (Wildman–Crippen LogP) is 2.89. The maximum absolute atomic E-state index is 12.8. The van der Waals surface area contributed by atoms with Gasteiger partial charge in [0.05, 0.1) is 6.54 Å². The fraction of sp³-hybridized carbons (Fsp3) is 0.429. The van der Waals surface area contributed by atoms with Crippen molar-refractivity contribution < 1.29 is 14.4 Å². The van der Waals surface area contributed by atoms with Crippen molar-refractivity contribution in [3.05, 3.63) is 46.4 Å². The largest absolute Gasteiger partial charge is 0.339 e. The molecule has 0 saturated carbocycles. The Bertz CT molecular complexity index is 891. The number of urea groups is 1. The van der Waals surface area contributed by atoms with Crippen LogP contribution in [0.2, 0.25) is 0 Å². The van der Waals surface area contributed by atoms with Crippen molar-refractivity contribution in [1.29, 1.82) is 0 Å². The molecule has 0 unspecified atom stereocenters. The summed E-state index contributed by atoms with van der Waals surface area (Å²) in [7, 11) is 0. The van der Waals surface area contributed by atoms with E-state index < -0.39 is 0 Å². The lowest BCUT2D eigenvalue weighted by molar-refractivity contribution is -0.130.